The number of aromatic nitrogens is 3. The van der Waals surface area contributed by atoms with Crippen molar-refractivity contribution in [1.82, 2.24) is 19.4 Å². The first-order chi connectivity index (χ1) is 19.2. The van der Waals surface area contributed by atoms with Crippen LogP contribution in [0.15, 0.2) is 65.7 Å². The molecule has 1 saturated carbocycles. The topological polar surface area (TPSA) is 116 Å². The number of anilines is 2. The van der Waals surface area contributed by atoms with E-state index in [0.29, 0.717) is 17.4 Å². The Balaban J connectivity index is 1.23. The number of carbonyl (C=O) groups excluding carboxylic acids is 1. The highest BCUT2D eigenvalue weighted by Crippen LogP contribution is 2.35. The molecule has 1 aliphatic rings. The number of fused-ring (bicyclic) bond motifs is 1. The Bertz CT molecular complexity index is 1590. The van der Waals surface area contributed by atoms with Crippen LogP contribution in [0.25, 0.3) is 11.0 Å². The van der Waals surface area contributed by atoms with Gasteiger partial charge >= 0.3 is 0 Å². The standard InChI is InChI=1S/C29H33N5O5S/c1-20-8-14-25(15-9-20)40(36,37)39-17-16-38-24-12-10-22(11-13-24)31-29-30-19-21-18-26(28(35)33(2)3)34(27(21)32-29)23-6-4-5-7-23/h8-15,18-19,23H,4-7,16-17H2,1-3H3,(H,30,31,32). The lowest BCUT2D eigenvalue weighted by Gasteiger charge is -2.19. The zero-order chi connectivity index (χ0) is 28.3. The van der Waals surface area contributed by atoms with Crippen molar-refractivity contribution < 1.29 is 22.1 Å². The highest BCUT2D eigenvalue weighted by Gasteiger charge is 2.26. The molecule has 0 aliphatic heterocycles. The summed E-state index contributed by atoms with van der Waals surface area (Å²) in [4.78, 5) is 23.9. The summed E-state index contributed by atoms with van der Waals surface area (Å²) in [6.07, 6.45) is 6.06. The van der Waals surface area contributed by atoms with Crippen LogP contribution in [0.3, 0.4) is 0 Å². The second kappa shape index (κ2) is 11.6. The lowest BCUT2D eigenvalue weighted by molar-refractivity contribution is 0.0815. The van der Waals surface area contributed by atoms with Gasteiger partial charge in [-0.3, -0.25) is 8.98 Å². The van der Waals surface area contributed by atoms with E-state index in [2.05, 4.69) is 14.9 Å². The van der Waals surface area contributed by atoms with Crippen LogP contribution in [0.1, 0.15) is 47.8 Å². The highest BCUT2D eigenvalue weighted by atomic mass is 32.2. The molecule has 1 amide bonds. The maximum absolute atomic E-state index is 12.9. The number of rotatable bonds is 10. The Kier molecular flexibility index (Phi) is 8.04. The molecule has 2 aromatic heterocycles. The number of hydrogen-bond donors (Lipinski definition) is 1. The van der Waals surface area contributed by atoms with Crippen molar-refractivity contribution in [3.8, 4) is 5.75 Å². The molecule has 1 aliphatic carbocycles. The van der Waals surface area contributed by atoms with Crippen LogP contribution in [0, 0.1) is 6.92 Å². The predicted molar refractivity (Wildman–Crippen MR) is 153 cm³/mol. The fourth-order valence-electron chi connectivity index (χ4n) is 4.83. The maximum atomic E-state index is 12.9. The summed E-state index contributed by atoms with van der Waals surface area (Å²) in [6.45, 7) is 1.85. The van der Waals surface area contributed by atoms with Gasteiger partial charge < -0.3 is 19.5 Å². The van der Waals surface area contributed by atoms with Crippen molar-refractivity contribution in [3.63, 3.8) is 0 Å². The molecule has 11 heteroatoms. The SMILES string of the molecule is Cc1ccc(S(=O)(=O)OCCOc2ccc(Nc3ncc4cc(C(=O)N(C)C)n(C5CCCC5)c4n3)cc2)cc1. The van der Waals surface area contributed by atoms with Gasteiger partial charge in [0.05, 0.1) is 4.90 Å². The van der Waals surface area contributed by atoms with Gasteiger partial charge in [-0.25, -0.2) is 4.98 Å². The zero-order valence-electron chi connectivity index (χ0n) is 22.8. The van der Waals surface area contributed by atoms with E-state index in [1.807, 2.05) is 25.1 Å². The Morgan fingerprint density at radius 1 is 1.05 bits per heavy atom. The molecule has 0 unspecified atom stereocenters. The van der Waals surface area contributed by atoms with Gasteiger partial charge in [-0.2, -0.15) is 13.4 Å². The normalized spacial score (nSPS) is 14.0. The summed E-state index contributed by atoms with van der Waals surface area (Å²) >= 11 is 0. The number of carbonyl (C=O) groups is 1. The minimum atomic E-state index is -3.83. The minimum absolute atomic E-state index is 0.0480. The third-order valence-corrected chi connectivity index (χ3v) is 8.23. The fourth-order valence-corrected chi connectivity index (χ4v) is 5.73. The van der Waals surface area contributed by atoms with Crippen LogP contribution in [-0.2, 0) is 14.3 Å². The maximum Gasteiger partial charge on any atom is 0.297 e. The largest absolute Gasteiger partial charge is 0.491 e. The first kappa shape index (κ1) is 27.6. The van der Waals surface area contributed by atoms with Crippen LogP contribution in [0.5, 0.6) is 5.75 Å². The first-order valence-electron chi connectivity index (χ1n) is 13.3. The fraction of sp³-hybridized carbons (Fsp3) is 0.345. The van der Waals surface area contributed by atoms with Gasteiger partial charge in [-0.15, -0.1) is 0 Å². The van der Waals surface area contributed by atoms with Gasteiger partial charge in [0.1, 0.15) is 30.3 Å². The third kappa shape index (κ3) is 6.10. The monoisotopic (exact) mass is 563 g/mol. The average Bonchev–Trinajstić information content (AvgIpc) is 3.59. The molecule has 5 rings (SSSR count). The van der Waals surface area contributed by atoms with E-state index in [1.54, 1.807) is 49.5 Å². The first-order valence-corrected chi connectivity index (χ1v) is 14.7. The average molecular weight is 564 g/mol. The number of nitrogens with zero attached hydrogens (tertiary/aromatic N) is 4. The lowest BCUT2D eigenvalue weighted by Crippen LogP contribution is -2.25. The van der Waals surface area contributed by atoms with E-state index in [1.165, 1.54) is 12.1 Å². The second-order valence-corrected chi connectivity index (χ2v) is 11.7. The van der Waals surface area contributed by atoms with Crippen molar-refractivity contribution >= 4 is 38.7 Å². The van der Waals surface area contributed by atoms with Crippen LogP contribution < -0.4 is 10.1 Å². The summed E-state index contributed by atoms with van der Waals surface area (Å²) in [5.74, 6) is 0.949. The van der Waals surface area contributed by atoms with Crippen LogP contribution in [-0.4, -0.2) is 61.1 Å². The van der Waals surface area contributed by atoms with Gasteiger partial charge in [0.15, 0.2) is 0 Å². The number of nitrogens with one attached hydrogen (secondary N) is 1. The number of ether oxygens (including phenoxy) is 1. The molecule has 0 atom stereocenters. The zero-order valence-corrected chi connectivity index (χ0v) is 23.6. The Labute approximate surface area is 234 Å². The van der Waals surface area contributed by atoms with E-state index in [9.17, 15) is 13.2 Å². The highest BCUT2D eigenvalue weighted by molar-refractivity contribution is 7.86. The summed E-state index contributed by atoms with van der Waals surface area (Å²) in [6, 6.07) is 15.8. The van der Waals surface area contributed by atoms with Crippen LogP contribution in [0.4, 0.5) is 11.6 Å². The predicted octanol–water partition coefficient (Wildman–Crippen LogP) is 5.08. The molecule has 40 heavy (non-hydrogen) atoms. The van der Waals surface area contributed by atoms with Crippen molar-refractivity contribution in [1.29, 1.82) is 0 Å². The third-order valence-electron chi connectivity index (χ3n) is 6.90. The lowest BCUT2D eigenvalue weighted by atomic mass is 10.2. The smallest absolute Gasteiger partial charge is 0.297 e. The van der Waals surface area contributed by atoms with Gasteiger partial charge in [-0.1, -0.05) is 30.5 Å². The summed E-state index contributed by atoms with van der Waals surface area (Å²) < 4.78 is 37.4. The molecular formula is C29H33N5O5S. The number of aryl methyl sites for hydroxylation is 1. The van der Waals surface area contributed by atoms with E-state index >= 15 is 0 Å². The quantitative estimate of drug-likeness (QED) is 0.210. The summed E-state index contributed by atoms with van der Waals surface area (Å²) in [5, 5.41) is 4.05. The summed E-state index contributed by atoms with van der Waals surface area (Å²) in [5.41, 5.74) is 3.11. The Hall–Kier alpha value is -3.96. The van der Waals surface area contributed by atoms with Crippen molar-refractivity contribution in [3.05, 3.63) is 72.1 Å². The number of hydrogen-bond acceptors (Lipinski definition) is 8. The number of amides is 1. The molecular weight excluding hydrogens is 530 g/mol. The molecule has 2 aromatic carbocycles. The van der Waals surface area contributed by atoms with Crippen molar-refractivity contribution in [2.24, 2.45) is 0 Å². The van der Waals surface area contributed by atoms with Gasteiger partial charge in [0.2, 0.25) is 5.95 Å². The molecule has 4 aromatic rings. The van der Waals surface area contributed by atoms with E-state index in [-0.39, 0.29) is 30.1 Å². The Morgan fingerprint density at radius 3 is 2.42 bits per heavy atom. The molecule has 2 heterocycles. The van der Waals surface area contributed by atoms with Gasteiger partial charge in [0.25, 0.3) is 16.0 Å². The molecule has 0 spiro atoms. The Morgan fingerprint density at radius 2 is 1.75 bits per heavy atom. The van der Waals surface area contributed by atoms with Gasteiger partial charge in [-0.05, 0) is 62.2 Å². The van der Waals surface area contributed by atoms with E-state index < -0.39 is 10.1 Å². The molecule has 0 radical (unpaired) electrons. The van der Waals surface area contributed by atoms with Crippen LogP contribution >= 0.6 is 0 Å². The van der Waals surface area contributed by atoms with E-state index in [0.717, 1.165) is 48.0 Å². The minimum Gasteiger partial charge on any atom is -0.491 e. The van der Waals surface area contributed by atoms with Crippen molar-refractivity contribution in [2.45, 2.75) is 43.5 Å². The van der Waals surface area contributed by atoms with Crippen LogP contribution in [0.2, 0.25) is 0 Å². The second-order valence-electron chi connectivity index (χ2n) is 10.1. The van der Waals surface area contributed by atoms with E-state index in [4.69, 9.17) is 13.9 Å². The van der Waals surface area contributed by atoms with Crippen molar-refractivity contribution in [2.75, 3.05) is 32.6 Å². The number of benzene rings is 2. The van der Waals surface area contributed by atoms with Gasteiger partial charge in [0, 0.05) is 37.4 Å². The molecule has 0 bridgehead atoms. The molecule has 10 nitrogen and oxygen atoms in total. The molecule has 0 saturated heterocycles. The molecule has 1 fully saturated rings. The molecule has 210 valence electrons. The molecule has 1 N–H and O–H groups in total. The summed E-state index contributed by atoms with van der Waals surface area (Å²) in [7, 11) is -0.321.